The molecular formula is C16H20N2O. The predicted octanol–water partition coefficient (Wildman–Crippen LogP) is 3.93. The fraction of sp³-hybridized carbons (Fsp3) is 0.375. The van der Waals surface area contributed by atoms with Gasteiger partial charge in [-0.15, -0.1) is 6.58 Å². The number of hydrogen-bond donors (Lipinski definition) is 0. The fourth-order valence-corrected chi connectivity index (χ4v) is 1.79. The topological polar surface area (TPSA) is 35.0 Å². The molecule has 0 atom stereocenters. The number of ether oxygens (including phenoxy) is 1. The molecule has 19 heavy (non-hydrogen) atoms. The number of rotatable bonds is 4. The molecule has 0 fully saturated rings. The monoisotopic (exact) mass is 256 g/mol. The van der Waals surface area contributed by atoms with Gasteiger partial charge in [0.15, 0.2) is 0 Å². The Morgan fingerprint density at radius 3 is 2.37 bits per heavy atom. The van der Waals surface area contributed by atoms with E-state index in [9.17, 15) is 0 Å². The summed E-state index contributed by atoms with van der Waals surface area (Å²) in [6.07, 6.45) is 3.55. The van der Waals surface area contributed by atoms with Gasteiger partial charge in [0.25, 0.3) is 0 Å². The first kappa shape index (κ1) is 13.5. The van der Waals surface area contributed by atoms with Gasteiger partial charge in [0, 0.05) is 0 Å². The van der Waals surface area contributed by atoms with E-state index in [0.717, 1.165) is 29.6 Å². The zero-order valence-electron chi connectivity index (χ0n) is 11.8. The summed E-state index contributed by atoms with van der Waals surface area (Å²) in [4.78, 5) is 9.26. The first-order valence-electron chi connectivity index (χ1n) is 6.55. The number of hydrogen-bond acceptors (Lipinski definition) is 3. The van der Waals surface area contributed by atoms with E-state index in [4.69, 9.17) is 4.74 Å². The van der Waals surface area contributed by atoms with Crippen molar-refractivity contribution in [2.24, 2.45) is 0 Å². The second kappa shape index (κ2) is 5.39. The van der Waals surface area contributed by atoms with E-state index in [1.807, 2.05) is 51.1 Å². The van der Waals surface area contributed by atoms with E-state index in [1.54, 1.807) is 0 Å². The minimum atomic E-state index is -0.278. The molecule has 0 radical (unpaired) electrons. The Hall–Kier alpha value is -1.90. The van der Waals surface area contributed by atoms with E-state index in [-0.39, 0.29) is 5.60 Å². The lowest BCUT2D eigenvalue weighted by molar-refractivity contribution is 0.122. The van der Waals surface area contributed by atoms with Crippen molar-refractivity contribution in [1.82, 2.24) is 9.97 Å². The molecule has 0 aliphatic carbocycles. The van der Waals surface area contributed by atoms with Crippen LogP contribution >= 0.6 is 0 Å². The molecule has 3 nitrogen and oxygen atoms in total. The van der Waals surface area contributed by atoms with E-state index in [0.29, 0.717) is 5.88 Å². The number of allylic oxidation sites excluding steroid dienone is 1. The number of fused-ring (bicyclic) bond motifs is 1. The van der Waals surface area contributed by atoms with Gasteiger partial charge in [0.05, 0.1) is 11.0 Å². The lowest BCUT2D eigenvalue weighted by Crippen LogP contribution is -2.24. The van der Waals surface area contributed by atoms with E-state index in [1.165, 1.54) is 0 Å². The molecule has 100 valence electrons. The van der Waals surface area contributed by atoms with Gasteiger partial charge in [0.1, 0.15) is 11.3 Å². The third-order valence-electron chi connectivity index (χ3n) is 2.59. The molecule has 0 aliphatic rings. The van der Waals surface area contributed by atoms with Crippen molar-refractivity contribution in [3.8, 4) is 5.88 Å². The minimum Gasteiger partial charge on any atom is -0.471 e. The number of para-hydroxylation sites is 2. The van der Waals surface area contributed by atoms with Gasteiger partial charge in [0.2, 0.25) is 5.88 Å². The predicted molar refractivity (Wildman–Crippen MR) is 78.4 cm³/mol. The van der Waals surface area contributed by atoms with Crippen LogP contribution in [0.15, 0.2) is 36.9 Å². The van der Waals surface area contributed by atoms with Crippen molar-refractivity contribution < 1.29 is 4.74 Å². The van der Waals surface area contributed by atoms with Crippen LogP contribution in [0.25, 0.3) is 11.0 Å². The summed E-state index contributed by atoms with van der Waals surface area (Å²) in [7, 11) is 0. The molecule has 2 rings (SSSR count). The summed E-state index contributed by atoms with van der Waals surface area (Å²) in [6, 6.07) is 7.86. The number of benzene rings is 1. The van der Waals surface area contributed by atoms with Crippen LogP contribution in [-0.4, -0.2) is 15.6 Å². The highest BCUT2D eigenvalue weighted by Crippen LogP contribution is 2.23. The molecule has 0 aliphatic heterocycles. The number of nitrogens with zero attached hydrogens (tertiary/aromatic N) is 2. The molecule has 3 heteroatoms. The summed E-state index contributed by atoms with van der Waals surface area (Å²) in [5.74, 6) is 0.632. The Kier molecular flexibility index (Phi) is 3.84. The molecule has 0 N–H and O–H groups in total. The van der Waals surface area contributed by atoms with Crippen LogP contribution in [0.4, 0.5) is 0 Å². The molecule has 1 heterocycles. The van der Waals surface area contributed by atoms with Crippen LogP contribution in [0.1, 0.15) is 32.9 Å². The second-order valence-electron chi connectivity index (χ2n) is 5.51. The second-order valence-corrected chi connectivity index (χ2v) is 5.51. The van der Waals surface area contributed by atoms with Crippen molar-refractivity contribution >= 4 is 11.0 Å². The first-order chi connectivity index (χ1) is 8.99. The van der Waals surface area contributed by atoms with Gasteiger partial charge in [-0.25, -0.2) is 9.97 Å². The molecule has 0 spiro atoms. The lowest BCUT2D eigenvalue weighted by atomic mass is 10.2. The summed E-state index contributed by atoms with van der Waals surface area (Å²) >= 11 is 0. The summed E-state index contributed by atoms with van der Waals surface area (Å²) < 4.78 is 5.93. The van der Waals surface area contributed by atoms with Gasteiger partial charge in [-0.1, -0.05) is 18.2 Å². The SMILES string of the molecule is C=CCCc1nc2ccccc2nc1OC(C)(C)C. The summed E-state index contributed by atoms with van der Waals surface area (Å²) in [6.45, 7) is 9.80. The lowest BCUT2D eigenvalue weighted by Gasteiger charge is -2.22. The normalized spacial score (nSPS) is 11.5. The molecule has 0 bridgehead atoms. The van der Waals surface area contributed by atoms with Crippen molar-refractivity contribution in [3.63, 3.8) is 0 Å². The molecule has 0 amide bonds. The number of aryl methyl sites for hydroxylation is 1. The average Bonchev–Trinajstić information content (AvgIpc) is 2.34. The number of aromatic nitrogens is 2. The van der Waals surface area contributed by atoms with E-state index < -0.39 is 0 Å². The van der Waals surface area contributed by atoms with Crippen LogP contribution in [0, 0.1) is 0 Å². The third kappa shape index (κ3) is 3.53. The van der Waals surface area contributed by atoms with Crippen LogP contribution < -0.4 is 4.74 Å². The maximum absolute atomic E-state index is 5.93. The van der Waals surface area contributed by atoms with Crippen molar-refractivity contribution in [3.05, 3.63) is 42.6 Å². The maximum atomic E-state index is 5.93. The van der Waals surface area contributed by atoms with Gasteiger partial charge >= 0.3 is 0 Å². The van der Waals surface area contributed by atoms with Gasteiger partial charge < -0.3 is 4.74 Å². The Morgan fingerprint density at radius 1 is 1.16 bits per heavy atom. The highest BCUT2D eigenvalue weighted by Gasteiger charge is 2.17. The Balaban J connectivity index is 2.47. The van der Waals surface area contributed by atoms with Crippen LogP contribution in [0.5, 0.6) is 5.88 Å². The van der Waals surface area contributed by atoms with Crippen LogP contribution in [-0.2, 0) is 6.42 Å². The average molecular weight is 256 g/mol. The minimum absolute atomic E-state index is 0.278. The molecule has 0 saturated heterocycles. The highest BCUT2D eigenvalue weighted by atomic mass is 16.5. The van der Waals surface area contributed by atoms with Crippen LogP contribution in [0.3, 0.4) is 0 Å². The molecule has 0 unspecified atom stereocenters. The molecule has 1 aromatic carbocycles. The highest BCUT2D eigenvalue weighted by molar-refractivity contribution is 5.74. The Bertz CT molecular complexity index is 585. The molecule has 2 aromatic rings. The van der Waals surface area contributed by atoms with Crippen LogP contribution in [0.2, 0.25) is 0 Å². The Labute approximate surface area is 114 Å². The van der Waals surface area contributed by atoms with Crippen molar-refractivity contribution in [1.29, 1.82) is 0 Å². The molecule has 1 aromatic heterocycles. The van der Waals surface area contributed by atoms with Gasteiger partial charge in [-0.3, -0.25) is 0 Å². The zero-order valence-corrected chi connectivity index (χ0v) is 11.8. The Morgan fingerprint density at radius 2 is 1.79 bits per heavy atom. The maximum Gasteiger partial charge on any atom is 0.236 e. The quantitative estimate of drug-likeness (QED) is 0.777. The van der Waals surface area contributed by atoms with Crippen molar-refractivity contribution in [2.45, 2.75) is 39.2 Å². The fourth-order valence-electron chi connectivity index (χ4n) is 1.79. The largest absolute Gasteiger partial charge is 0.471 e. The molecular weight excluding hydrogens is 236 g/mol. The standard InChI is InChI=1S/C16H20N2O/c1-5-6-9-14-15(19-16(2,3)4)18-13-11-8-7-10-12(13)17-14/h5,7-8,10-11H,1,6,9H2,2-4H3. The third-order valence-corrected chi connectivity index (χ3v) is 2.59. The zero-order chi connectivity index (χ0) is 13.9. The van der Waals surface area contributed by atoms with E-state index >= 15 is 0 Å². The van der Waals surface area contributed by atoms with Crippen molar-refractivity contribution in [2.75, 3.05) is 0 Å². The smallest absolute Gasteiger partial charge is 0.236 e. The summed E-state index contributed by atoms with van der Waals surface area (Å²) in [5, 5.41) is 0. The van der Waals surface area contributed by atoms with Gasteiger partial charge in [-0.2, -0.15) is 0 Å². The molecule has 0 saturated carbocycles. The first-order valence-corrected chi connectivity index (χ1v) is 6.55. The van der Waals surface area contributed by atoms with Gasteiger partial charge in [-0.05, 0) is 45.7 Å². The summed E-state index contributed by atoms with van der Waals surface area (Å²) in [5.41, 5.74) is 2.39. The van der Waals surface area contributed by atoms with E-state index in [2.05, 4.69) is 16.5 Å².